The van der Waals surface area contributed by atoms with E-state index < -0.39 is 0 Å². The molecule has 3 N–H and O–H groups in total. The van der Waals surface area contributed by atoms with Gasteiger partial charge in [-0.2, -0.15) is 0 Å². The van der Waals surface area contributed by atoms with Gasteiger partial charge in [-0.25, -0.2) is 0 Å². The second-order valence-corrected chi connectivity index (χ2v) is 7.82. The van der Waals surface area contributed by atoms with Crippen LogP contribution in [0.15, 0.2) is 78.9 Å². The van der Waals surface area contributed by atoms with Crippen molar-refractivity contribution < 1.29 is 20.1 Å². The molecule has 0 saturated carbocycles. The average Bonchev–Trinajstić information content (AvgIpc) is 2.76. The fourth-order valence-electron chi connectivity index (χ4n) is 3.56. The molecule has 0 aromatic heterocycles. The van der Waals surface area contributed by atoms with E-state index in [9.17, 15) is 15.3 Å². The van der Waals surface area contributed by atoms with E-state index in [4.69, 9.17) is 4.74 Å². The highest BCUT2D eigenvalue weighted by Gasteiger charge is 2.18. The molecule has 5 nitrogen and oxygen atoms in total. The average molecular weight is 428 g/mol. The largest absolute Gasteiger partial charge is 0.508 e. The summed E-state index contributed by atoms with van der Waals surface area (Å²) in [6.45, 7) is 5.76. The Morgan fingerprint density at radius 1 is 0.594 bits per heavy atom. The van der Waals surface area contributed by atoms with E-state index >= 15 is 0 Å². The predicted octanol–water partition coefficient (Wildman–Crippen LogP) is 6.99. The third-order valence-corrected chi connectivity index (χ3v) is 5.36. The van der Waals surface area contributed by atoms with Crippen molar-refractivity contribution in [3.63, 3.8) is 0 Å². The molecule has 0 fully saturated rings. The number of rotatable bonds is 5. The molecule has 0 spiro atoms. The van der Waals surface area contributed by atoms with Crippen LogP contribution in [0.2, 0.25) is 0 Å². The minimum absolute atomic E-state index is 0.149. The summed E-state index contributed by atoms with van der Waals surface area (Å²) in [5, 5.41) is 30.4. The zero-order chi connectivity index (χ0) is 22.8. The Kier molecular flexibility index (Phi) is 5.65. The first-order valence-corrected chi connectivity index (χ1v) is 10.3. The summed E-state index contributed by atoms with van der Waals surface area (Å²) in [6, 6.07) is 23.1. The maximum Gasteiger partial charge on any atom is 0.131 e. The van der Waals surface area contributed by atoms with E-state index in [-0.39, 0.29) is 17.2 Å². The van der Waals surface area contributed by atoms with E-state index in [1.807, 2.05) is 62.1 Å². The highest BCUT2D eigenvalue weighted by atomic mass is 16.5. The van der Waals surface area contributed by atoms with E-state index in [0.717, 1.165) is 33.8 Å². The van der Waals surface area contributed by atoms with Crippen LogP contribution in [0.25, 0.3) is 0 Å². The van der Waals surface area contributed by atoms with E-state index in [1.165, 1.54) is 0 Å². The normalized spacial score (nSPS) is 10.7. The SMILES string of the molecule is Cc1ccc(Oc2cccc(N(c3cc(O)ccc3C)c3cc(O)ccc3C)c2)cc1O. The van der Waals surface area contributed by atoms with Crippen LogP contribution in [0.1, 0.15) is 16.7 Å². The van der Waals surface area contributed by atoms with Gasteiger partial charge in [0.25, 0.3) is 0 Å². The number of phenols is 3. The van der Waals surface area contributed by atoms with Gasteiger partial charge in [0.1, 0.15) is 28.7 Å². The van der Waals surface area contributed by atoms with Crippen LogP contribution in [0.5, 0.6) is 28.7 Å². The van der Waals surface area contributed by atoms with Crippen LogP contribution in [-0.2, 0) is 0 Å². The van der Waals surface area contributed by atoms with Gasteiger partial charge in [-0.05, 0) is 67.8 Å². The first-order valence-electron chi connectivity index (χ1n) is 10.3. The van der Waals surface area contributed by atoms with Crippen LogP contribution in [-0.4, -0.2) is 15.3 Å². The topological polar surface area (TPSA) is 73.2 Å². The molecule has 0 saturated heterocycles. The molecule has 5 heteroatoms. The van der Waals surface area contributed by atoms with Crippen molar-refractivity contribution in [1.82, 2.24) is 0 Å². The standard InChI is InChI=1S/C27H25NO4/c1-17-7-10-21(29)14-25(17)28(26-15-22(30)11-8-18(26)2)20-5-4-6-23(13-20)32-24-12-9-19(3)27(31)16-24/h4-16,29-31H,1-3H3. The molecule has 0 atom stereocenters. The van der Waals surface area contributed by atoms with Gasteiger partial charge in [0.05, 0.1) is 11.4 Å². The van der Waals surface area contributed by atoms with Gasteiger partial charge >= 0.3 is 0 Å². The Hall–Kier alpha value is -4.12. The Balaban J connectivity index is 1.83. The fourth-order valence-corrected chi connectivity index (χ4v) is 3.56. The number of anilines is 3. The Morgan fingerprint density at radius 3 is 1.75 bits per heavy atom. The number of ether oxygens (including phenoxy) is 1. The summed E-state index contributed by atoms with van der Waals surface area (Å²) < 4.78 is 6.00. The molecule has 4 aromatic rings. The molecule has 4 rings (SSSR count). The summed E-state index contributed by atoms with van der Waals surface area (Å²) in [6.07, 6.45) is 0. The number of hydrogen-bond acceptors (Lipinski definition) is 5. The van der Waals surface area contributed by atoms with E-state index in [0.29, 0.717) is 11.5 Å². The second kappa shape index (κ2) is 8.55. The summed E-state index contributed by atoms with van der Waals surface area (Å²) in [5.41, 5.74) is 5.05. The van der Waals surface area contributed by atoms with Crippen molar-refractivity contribution in [2.75, 3.05) is 4.90 Å². The zero-order valence-electron chi connectivity index (χ0n) is 18.2. The zero-order valence-corrected chi connectivity index (χ0v) is 18.2. The number of aryl methyl sites for hydroxylation is 3. The van der Waals surface area contributed by atoms with Crippen molar-refractivity contribution in [3.8, 4) is 28.7 Å². The maximum atomic E-state index is 10.2. The van der Waals surface area contributed by atoms with Crippen LogP contribution >= 0.6 is 0 Å². The smallest absolute Gasteiger partial charge is 0.131 e. The van der Waals surface area contributed by atoms with Gasteiger partial charge in [0.15, 0.2) is 0 Å². The number of aromatic hydroxyl groups is 3. The fraction of sp³-hybridized carbons (Fsp3) is 0.111. The Morgan fingerprint density at radius 2 is 1.16 bits per heavy atom. The first-order chi connectivity index (χ1) is 15.3. The Labute approximate surface area is 187 Å². The number of nitrogens with zero attached hydrogens (tertiary/aromatic N) is 1. The van der Waals surface area contributed by atoms with Gasteiger partial charge in [0.2, 0.25) is 0 Å². The molecule has 0 aliphatic heterocycles. The highest BCUT2D eigenvalue weighted by molar-refractivity contribution is 5.81. The van der Waals surface area contributed by atoms with Crippen molar-refractivity contribution in [2.45, 2.75) is 20.8 Å². The highest BCUT2D eigenvalue weighted by Crippen LogP contribution is 2.42. The summed E-state index contributed by atoms with van der Waals surface area (Å²) in [7, 11) is 0. The lowest BCUT2D eigenvalue weighted by Crippen LogP contribution is -2.12. The van der Waals surface area contributed by atoms with Crippen molar-refractivity contribution in [3.05, 3.63) is 95.6 Å². The molecule has 0 radical (unpaired) electrons. The second-order valence-electron chi connectivity index (χ2n) is 7.82. The molecule has 4 aromatic carbocycles. The van der Waals surface area contributed by atoms with Gasteiger partial charge in [-0.15, -0.1) is 0 Å². The van der Waals surface area contributed by atoms with Gasteiger partial charge in [-0.1, -0.05) is 24.3 Å². The summed E-state index contributed by atoms with van der Waals surface area (Å²) in [5.74, 6) is 1.59. The molecule has 0 unspecified atom stereocenters. The van der Waals surface area contributed by atoms with Crippen LogP contribution in [0.3, 0.4) is 0 Å². The quantitative estimate of drug-likeness (QED) is 0.320. The lowest BCUT2D eigenvalue weighted by Gasteiger charge is -2.29. The molecule has 32 heavy (non-hydrogen) atoms. The molecule has 0 heterocycles. The third-order valence-electron chi connectivity index (χ3n) is 5.36. The molecule has 0 aliphatic rings. The molecule has 162 valence electrons. The van der Waals surface area contributed by atoms with Gasteiger partial charge < -0.3 is 25.0 Å². The van der Waals surface area contributed by atoms with Crippen LogP contribution in [0, 0.1) is 20.8 Å². The van der Waals surface area contributed by atoms with Crippen LogP contribution in [0.4, 0.5) is 17.1 Å². The summed E-state index contributed by atoms with van der Waals surface area (Å²) >= 11 is 0. The molecule has 0 amide bonds. The molecule has 0 bridgehead atoms. The van der Waals surface area contributed by atoms with Gasteiger partial charge in [-0.3, -0.25) is 0 Å². The van der Waals surface area contributed by atoms with E-state index in [1.54, 1.807) is 42.5 Å². The number of phenolic OH excluding ortho intramolecular Hbond substituents is 3. The van der Waals surface area contributed by atoms with E-state index in [2.05, 4.69) is 0 Å². The lowest BCUT2D eigenvalue weighted by molar-refractivity contribution is 0.452. The van der Waals surface area contributed by atoms with Crippen molar-refractivity contribution >= 4 is 17.1 Å². The maximum absolute atomic E-state index is 10.2. The van der Waals surface area contributed by atoms with Crippen molar-refractivity contribution in [1.29, 1.82) is 0 Å². The van der Waals surface area contributed by atoms with Gasteiger partial charge in [0, 0.05) is 30.0 Å². The molecule has 0 aliphatic carbocycles. The third kappa shape index (κ3) is 4.32. The minimum Gasteiger partial charge on any atom is -0.508 e. The lowest BCUT2D eigenvalue weighted by atomic mass is 10.1. The predicted molar refractivity (Wildman–Crippen MR) is 127 cm³/mol. The number of benzene rings is 4. The monoisotopic (exact) mass is 427 g/mol. The molecular formula is C27H25NO4. The van der Waals surface area contributed by atoms with Crippen LogP contribution < -0.4 is 9.64 Å². The Bertz CT molecular complexity index is 1230. The molecular weight excluding hydrogens is 402 g/mol. The minimum atomic E-state index is 0.149. The first kappa shape index (κ1) is 21.1. The number of hydrogen-bond donors (Lipinski definition) is 3. The summed E-state index contributed by atoms with van der Waals surface area (Å²) in [4.78, 5) is 1.98. The van der Waals surface area contributed by atoms with Crippen molar-refractivity contribution in [2.24, 2.45) is 0 Å².